The number of sulfone groups is 1. The van der Waals surface area contributed by atoms with E-state index in [9.17, 15) is 8.42 Å². The summed E-state index contributed by atoms with van der Waals surface area (Å²) in [7, 11) is -1.53. The van der Waals surface area contributed by atoms with E-state index in [0.29, 0.717) is 45.1 Å². The molecule has 6 nitrogen and oxygen atoms in total. The molecule has 0 radical (unpaired) electrons. The SMILES string of the molecule is CN=C(NCCc1ccccc1Cl)NCC1(S(C)(=O)=O)CCOCC1. The van der Waals surface area contributed by atoms with E-state index in [0.717, 1.165) is 17.0 Å². The normalized spacial score (nSPS) is 18.0. The average molecular weight is 388 g/mol. The Hall–Kier alpha value is -1.31. The fraction of sp³-hybridized carbons (Fsp3) is 0.588. The van der Waals surface area contributed by atoms with Crippen molar-refractivity contribution in [2.24, 2.45) is 4.99 Å². The molecule has 0 spiro atoms. The number of nitrogens with zero attached hydrogens (tertiary/aromatic N) is 1. The topological polar surface area (TPSA) is 79.8 Å². The van der Waals surface area contributed by atoms with E-state index in [1.54, 1.807) is 7.05 Å². The molecular weight excluding hydrogens is 362 g/mol. The van der Waals surface area contributed by atoms with E-state index in [4.69, 9.17) is 16.3 Å². The van der Waals surface area contributed by atoms with Crippen molar-refractivity contribution in [3.8, 4) is 0 Å². The molecule has 1 aliphatic heterocycles. The number of guanidine groups is 1. The molecule has 1 heterocycles. The van der Waals surface area contributed by atoms with Crippen molar-refractivity contribution in [1.29, 1.82) is 0 Å². The van der Waals surface area contributed by atoms with Gasteiger partial charge >= 0.3 is 0 Å². The Labute approximate surface area is 154 Å². The second-order valence-electron chi connectivity index (χ2n) is 6.26. The second kappa shape index (κ2) is 8.87. The number of benzene rings is 1. The maximum Gasteiger partial charge on any atom is 0.191 e. The summed E-state index contributed by atoms with van der Waals surface area (Å²) in [5.74, 6) is 0.585. The van der Waals surface area contributed by atoms with Crippen LogP contribution in [-0.4, -0.2) is 58.7 Å². The maximum atomic E-state index is 12.3. The van der Waals surface area contributed by atoms with Crippen LogP contribution in [0.2, 0.25) is 5.02 Å². The maximum absolute atomic E-state index is 12.3. The van der Waals surface area contributed by atoms with Crippen molar-refractivity contribution in [2.45, 2.75) is 24.0 Å². The monoisotopic (exact) mass is 387 g/mol. The molecular formula is C17H26ClN3O3S. The fourth-order valence-electron chi connectivity index (χ4n) is 2.90. The van der Waals surface area contributed by atoms with Gasteiger partial charge in [0.05, 0.1) is 4.75 Å². The predicted octanol–water partition coefficient (Wildman–Crippen LogP) is 1.64. The van der Waals surface area contributed by atoms with Gasteiger partial charge in [-0.2, -0.15) is 0 Å². The summed E-state index contributed by atoms with van der Waals surface area (Å²) in [6.45, 7) is 1.90. The summed E-state index contributed by atoms with van der Waals surface area (Å²) < 4.78 is 29.1. The third kappa shape index (κ3) is 5.33. The molecule has 0 bridgehead atoms. The highest BCUT2D eigenvalue weighted by molar-refractivity contribution is 7.92. The first-order chi connectivity index (χ1) is 11.9. The van der Waals surface area contributed by atoms with Crippen LogP contribution in [0.15, 0.2) is 29.3 Å². The van der Waals surface area contributed by atoms with Crippen LogP contribution in [0.3, 0.4) is 0 Å². The summed E-state index contributed by atoms with van der Waals surface area (Å²) in [5.41, 5.74) is 1.06. The molecule has 0 aromatic heterocycles. The van der Waals surface area contributed by atoms with Crippen LogP contribution >= 0.6 is 11.6 Å². The third-order valence-corrected chi connectivity index (χ3v) is 7.13. The van der Waals surface area contributed by atoms with Gasteiger partial charge in [0.1, 0.15) is 0 Å². The number of nitrogens with one attached hydrogen (secondary N) is 2. The van der Waals surface area contributed by atoms with Gasteiger partial charge in [0.2, 0.25) is 0 Å². The van der Waals surface area contributed by atoms with Gasteiger partial charge in [0, 0.05) is 44.6 Å². The van der Waals surface area contributed by atoms with Gasteiger partial charge in [0.25, 0.3) is 0 Å². The highest BCUT2D eigenvalue weighted by Gasteiger charge is 2.42. The smallest absolute Gasteiger partial charge is 0.191 e. The van der Waals surface area contributed by atoms with Gasteiger partial charge in [-0.3, -0.25) is 4.99 Å². The molecule has 0 saturated carbocycles. The van der Waals surface area contributed by atoms with Gasteiger partial charge < -0.3 is 15.4 Å². The number of hydrogen-bond donors (Lipinski definition) is 2. The van der Waals surface area contributed by atoms with Crippen LogP contribution in [0.4, 0.5) is 0 Å². The van der Waals surface area contributed by atoms with Gasteiger partial charge in [-0.25, -0.2) is 8.42 Å². The summed E-state index contributed by atoms with van der Waals surface area (Å²) in [4.78, 5) is 4.17. The molecule has 2 rings (SSSR count). The van der Waals surface area contributed by atoms with Crippen LogP contribution in [0.1, 0.15) is 18.4 Å². The van der Waals surface area contributed by atoms with Gasteiger partial charge in [-0.05, 0) is 30.9 Å². The molecule has 1 aliphatic rings. The Morgan fingerprint density at radius 1 is 1.28 bits per heavy atom. The summed E-state index contributed by atoms with van der Waals surface area (Å²) >= 11 is 6.15. The van der Waals surface area contributed by atoms with E-state index in [-0.39, 0.29) is 0 Å². The van der Waals surface area contributed by atoms with Crippen molar-refractivity contribution in [3.05, 3.63) is 34.9 Å². The zero-order valence-corrected chi connectivity index (χ0v) is 16.3. The molecule has 0 atom stereocenters. The minimum absolute atomic E-state index is 0.320. The molecule has 8 heteroatoms. The van der Waals surface area contributed by atoms with Crippen molar-refractivity contribution < 1.29 is 13.2 Å². The average Bonchev–Trinajstić information content (AvgIpc) is 2.59. The quantitative estimate of drug-likeness (QED) is 0.573. The standard InChI is InChI=1S/C17H26ClN3O3S/c1-19-16(20-10-7-14-5-3-4-6-15(14)18)21-13-17(25(2,22)23)8-11-24-12-9-17/h3-6H,7-13H2,1-2H3,(H2,19,20,21). The zero-order chi connectivity index (χ0) is 18.3. The lowest BCUT2D eigenvalue weighted by Gasteiger charge is -2.35. The van der Waals surface area contributed by atoms with Crippen LogP contribution in [0.25, 0.3) is 0 Å². The van der Waals surface area contributed by atoms with Crippen LogP contribution in [0, 0.1) is 0 Å². The molecule has 0 aliphatic carbocycles. The van der Waals surface area contributed by atoms with E-state index in [1.165, 1.54) is 6.26 Å². The molecule has 0 amide bonds. The Balaban J connectivity index is 1.90. The highest BCUT2D eigenvalue weighted by atomic mass is 35.5. The second-order valence-corrected chi connectivity index (χ2v) is 9.08. The summed E-state index contributed by atoms with van der Waals surface area (Å²) in [6.07, 6.45) is 3.05. The summed E-state index contributed by atoms with van der Waals surface area (Å²) in [5, 5.41) is 7.11. The summed E-state index contributed by atoms with van der Waals surface area (Å²) in [6, 6.07) is 7.71. The Kier molecular flexibility index (Phi) is 7.10. The van der Waals surface area contributed by atoms with Crippen LogP contribution in [-0.2, 0) is 21.0 Å². The molecule has 2 N–H and O–H groups in total. The van der Waals surface area contributed by atoms with E-state index in [2.05, 4.69) is 15.6 Å². The van der Waals surface area contributed by atoms with Crippen molar-refractivity contribution >= 4 is 27.4 Å². The van der Waals surface area contributed by atoms with Gasteiger partial charge in [-0.15, -0.1) is 0 Å². The molecule has 1 saturated heterocycles. The number of hydrogen-bond acceptors (Lipinski definition) is 4. The number of rotatable bonds is 6. The van der Waals surface area contributed by atoms with Crippen LogP contribution in [0.5, 0.6) is 0 Å². The zero-order valence-electron chi connectivity index (χ0n) is 14.7. The number of ether oxygens (including phenoxy) is 1. The van der Waals surface area contributed by atoms with Crippen molar-refractivity contribution in [3.63, 3.8) is 0 Å². The van der Waals surface area contributed by atoms with E-state index >= 15 is 0 Å². The highest BCUT2D eigenvalue weighted by Crippen LogP contribution is 2.28. The molecule has 140 valence electrons. The third-order valence-electron chi connectivity index (χ3n) is 4.64. The molecule has 1 fully saturated rings. The Morgan fingerprint density at radius 2 is 1.96 bits per heavy atom. The largest absolute Gasteiger partial charge is 0.381 e. The first kappa shape index (κ1) is 20.0. The minimum Gasteiger partial charge on any atom is -0.381 e. The molecule has 1 aromatic rings. The van der Waals surface area contributed by atoms with E-state index in [1.807, 2.05) is 24.3 Å². The minimum atomic E-state index is -3.20. The first-order valence-electron chi connectivity index (χ1n) is 8.33. The number of halogens is 1. The molecule has 25 heavy (non-hydrogen) atoms. The lowest BCUT2D eigenvalue weighted by atomic mass is 9.99. The lowest BCUT2D eigenvalue weighted by molar-refractivity contribution is 0.0756. The van der Waals surface area contributed by atoms with Crippen molar-refractivity contribution in [2.75, 3.05) is 39.6 Å². The number of aliphatic imine (C=N–C) groups is 1. The van der Waals surface area contributed by atoms with Crippen LogP contribution < -0.4 is 10.6 Å². The van der Waals surface area contributed by atoms with Gasteiger partial charge in [0.15, 0.2) is 15.8 Å². The first-order valence-corrected chi connectivity index (χ1v) is 10.6. The molecule has 1 aromatic carbocycles. The van der Waals surface area contributed by atoms with Gasteiger partial charge in [-0.1, -0.05) is 29.8 Å². The lowest BCUT2D eigenvalue weighted by Crippen LogP contribution is -2.53. The predicted molar refractivity (Wildman–Crippen MR) is 102 cm³/mol. The Morgan fingerprint density at radius 3 is 2.56 bits per heavy atom. The van der Waals surface area contributed by atoms with Crippen molar-refractivity contribution in [1.82, 2.24) is 10.6 Å². The fourth-order valence-corrected chi connectivity index (χ4v) is 4.38. The Bertz CT molecular complexity index is 701. The van der Waals surface area contributed by atoms with E-state index < -0.39 is 14.6 Å². The molecule has 0 unspecified atom stereocenters.